The van der Waals surface area contributed by atoms with Crippen molar-refractivity contribution in [3.8, 4) is 0 Å². The second-order valence-electron chi connectivity index (χ2n) is 8.25. The third-order valence-electron chi connectivity index (χ3n) is 6.45. The van der Waals surface area contributed by atoms with Crippen molar-refractivity contribution in [3.63, 3.8) is 0 Å². The van der Waals surface area contributed by atoms with Crippen LogP contribution in [0.15, 0.2) is 0 Å². The number of ether oxygens (including phenoxy) is 1. The maximum absolute atomic E-state index is 12.1. The summed E-state index contributed by atoms with van der Waals surface area (Å²) in [4.78, 5) is 12.1. The van der Waals surface area contributed by atoms with Crippen molar-refractivity contribution >= 4 is 5.97 Å². The van der Waals surface area contributed by atoms with E-state index in [0.29, 0.717) is 6.42 Å². The van der Waals surface area contributed by atoms with E-state index >= 15 is 0 Å². The van der Waals surface area contributed by atoms with Crippen LogP contribution in [0.25, 0.3) is 0 Å². The molecule has 0 aliphatic rings. The second kappa shape index (κ2) is 20.0. The average Bonchev–Trinajstić information content (AvgIpc) is 2.67. The van der Waals surface area contributed by atoms with Gasteiger partial charge in [-0.15, -0.1) is 0 Å². The number of carbonyl (C=O) groups is 1. The standard InChI is InChI=1S/C24H50NO2.ClH/c1-6-10-11-12-13-14-15-16-17-18-19-20-21-22-24(26)27-23(5)25(7-2,8-3)9-4;/h23H,6-22H2,1-5H3;1H/q+1;/p-1. The van der Waals surface area contributed by atoms with Crippen LogP contribution < -0.4 is 12.4 Å². The van der Waals surface area contributed by atoms with Crippen molar-refractivity contribution in [3.05, 3.63) is 0 Å². The molecular formula is C24H50ClNO2. The molecule has 0 aliphatic carbocycles. The Morgan fingerprint density at radius 2 is 1.04 bits per heavy atom. The summed E-state index contributed by atoms with van der Waals surface area (Å²) in [6.07, 6.45) is 17.9. The van der Waals surface area contributed by atoms with E-state index in [-0.39, 0.29) is 24.6 Å². The number of hydrogen-bond donors (Lipinski definition) is 0. The van der Waals surface area contributed by atoms with E-state index < -0.39 is 0 Å². The fraction of sp³-hybridized carbons (Fsp3) is 0.958. The predicted octanol–water partition coefficient (Wildman–Crippen LogP) is 4.24. The quantitative estimate of drug-likeness (QED) is 0.135. The number of hydrogen-bond acceptors (Lipinski definition) is 2. The van der Waals surface area contributed by atoms with Gasteiger partial charge in [-0.3, -0.25) is 9.28 Å². The molecule has 0 aromatic rings. The Kier molecular flexibility index (Phi) is 21.4. The van der Waals surface area contributed by atoms with E-state index in [2.05, 4.69) is 34.6 Å². The Morgan fingerprint density at radius 3 is 1.39 bits per heavy atom. The molecule has 0 bridgehead atoms. The molecule has 0 aromatic heterocycles. The van der Waals surface area contributed by atoms with Gasteiger partial charge in [0.05, 0.1) is 19.6 Å². The van der Waals surface area contributed by atoms with Gasteiger partial charge in [-0.25, -0.2) is 0 Å². The normalized spacial score (nSPS) is 12.5. The highest BCUT2D eigenvalue weighted by atomic mass is 35.5. The molecule has 0 aromatic carbocycles. The van der Waals surface area contributed by atoms with Gasteiger partial charge in [-0.05, 0) is 27.2 Å². The van der Waals surface area contributed by atoms with Crippen LogP contribution in [0.1, 0.15) is 125 Å². The lowest BCUT2D eigenvalue weighted by Gasteiger charge is -2.40. The van der Waals surface area contributed by atoms with E-state index in [1.165, 1.54) is 70.6 Å². The molecule has 28 heavy (non-hydrogen) atoms. The number of esters is 1. The van der Waals surface area contributed by atoms with Gasteiger partial charge in [-0.2, -0.15) is 0 Å². The molecule has 3 nitrogen and oxygen atoms in total. The van der Waals surface area contributed by atoms with Gasteiger partial charge < -0.3 is 17.1 Å². The number of rotatable bonds is 19. The topological polar surface area (TPSA) is 26.3 Å². The molecular weight excluding hydrogens is 370 g/mol. The molecule has 0 saturated carbocycles. The summed E-state index contributed by atoms with van der Waals surface area (Å²) in [6.45, 7) is 13.9. The molecule has 0 aliphatic heterocycles. The summed E-state index contributed by atoms with van der Waals surface area (Å²) in [5, 5.41) is 0. The van der Waals surface area contributed by atoms with Crippen molar-refractivity contribution in [1.82, 2.24) is 0 Å². The average molecular weight is 420 g/mol. The summed E-state index contributed by atoms with van der Waals surface area (Å²) in [7, 11) is 0. The monoisotopic (exact) mass is 419 g/mol. The first-order valence-electron chi connectivity index (χ1n) is 12.1. The Bertz CT molecular complexity index is 337. The molecule has 0 saturated heterocycles. The molecule has 1 unspecified atom stereocenters. The van der Waals surface area contributed by atoms with E-state index in [0.717, 1.165) is 37.0 Å². The maximum Gasteiger partial charge on any atom is 0.310 e. The highest BCUT2D eigenvalue weighted by molar-refractivity contribution is 5.69. The van der Waals surface area contributed by atoms with E-state index in [1.807, 2.05) is 0 Å². The zero-order valence-corrected chi connectivity index (χ0v) is 20.5. The highest BCUT2D eigenvalue weighted by Gasteiger charge is 2.31. The lowest BCUT2D eigenvalue weighted by molar-refractivity contribution is -0.963. The molecule has 1 atom stereocenters. The third-order valence-corrected chi connectivity index (χ3v) is 6.45. The smallest absolute Gasteiger partial charge is 0.310 e. The summed E-state index contributed by atoms with van der Waals surface area (Å²) >= 11 is 0. The summed E-state index contributed by atoms with van der Waals surface area (Å²) in [5.74, 6) is -0.0107. The van der Waals surface area contributed by atoms with Crippen LogP contribution in [0.5, 0.6) is 0 Å². The first kappa shape index (κ1) is 29.9. The highest BCUT2D eigenvalue weighted by Crippen LogP contribution is 2.16. The maximum atomic E-state index is 12.1. The van der Waals surface area contributed by atoms with Gasteiger partial charge in [-0.1, -0.05) is 84.0 Å². The second-order valence-corrected chi connectivity index (χ2v) is 8.25. The number of halogens is 1. The van der Waals surface area contributed by atoms with Gasteiger partial charge in [0.25, 0.3) is 0 Å². The first-order chi connectivity index (χ1) is 13.1. The SMILES string of the molecule is CCCCCCCCCCCCCCCC(=O)OC(C)[N+](CC)(CC)CC.[Cl-]. The van der Waals surface area contributed by atoms with Crippen LogP contribution in [0.2, 0.25) is 0 Å². The minimum atomic E-state index is -0.0283. The molecule has 4 heteroatoms. The molecule has 0 heterocycles. The van der Waals surface area contributed by atoms with E-state index in [4.69, 9.17) is 4.74 Å². The summed E-state index contributed by atoms with van der Waals surface area (Å²) < 4.78 is 6.59. The van der Waals surface area contributed by atoms with E-state index in [9.17, 15) is 4.79 Å². The minimum Gasteiger partial charge on any atom is -1.00 e. The predicted molar refractivity (Wildman–Crippen MR) is 118 cm³/mol. The van der Waals surface area contributed by atoms with Gasteiger partial charge in [0, 0.05) is 13.3 Å². The molecule has 0 spiro atoms. The Morgan fingerprint density at radius 1 is 0.679 bits per heavy atom. The Labute approximate surface area is 183 Å². The van der Waals surface area contributed by atoms with Crippen LogP contribution in [0.3, 0.4) is 0 Å². The fourth-order valence-corrected chi connectivity index (χ4v) is 4.09. The van der Waals surface area contributed by atoms with Gasteiger partial charge in [0.1, 0.15) is 0 Å². The zero-order chi connectivity index (χ0) is 20.4. The molecule has 0 amide bonds. The third kappa shape index (κ3) is 13.8. The van der Waals surface area contributed by atoms with Crippen molar-refractivity contribution in [2.75, 3.05) is 19.6 Å². The molecule has 0 rings (SSSR count). The molecule has 0 N–H and O–H groups in total. The largest absolute Gasteiger partial charge is 1.00 e. The van der Waals surface area contributed by atoms with Gasteiger partial charge in [0.15, 0.2) is 0 Å². The fourth-order valence-electron chi connectivity index (χ4n) is 4.09. The van der Waals surface area contributed by atoms with E-state index in [1.54, 1.807) is 0 Å². The molecule has 0 fully saturated rings. The number of nitrogens with zero attached hydrogens (tertiary/aromatic N) is 1. The lowest BCUT2D eigenvalue weighted by Crippen LogP contribution is -3.00. The molecule has 0 radical (unpaired) electrons. The lowest BCUT2D eigenvalue weighted by atomic mass is 10.0. The summed E-state index contributed by atoms with van der Waals surface area (Å²) in [6, 6.07) is 0. The number of unbranched alkanes of at least 4 members (excludes halogenated alkanes) is 12. The van der Waals surface area contributed by atoms with Crippen LogP contribution in [0, 0.1) is 0 Å². The Balaban J connectivity index is 0. The van der Waals surface area contributed by atoms with Crippen LogP contribution in [-0.4, -0.2) is 36.3 Å². The van der Waals surface area contributed by atoms with Crippen LogP contribution in [-0.2, 0) is 9.53 Å². The van der Waals surface area contributed by atoms with Crippen molar-refractivity contribution in [2.45, 2.75) is 131 Å². The van der Waals surface area contributed by atoms with Crippen molar-refractivity contribution < 1.29 is 26.4 Å². The van der Waals surface area contributed by atoms with Crippen LogP contribution >= 0.6 is 0 Å². The summed E-state index contributed by atoms with van der Waals surface area (Å²) in [5.41, 5.74) is 0. The minimum absolute atomic E-state index is 0. The van der Waals surface area contributed by atoms with Crippen LogP contribution in [0.4, 0.5) is 0 Å². The molecule has 170 valence electrons. The number of quaternary nitrogens is 1. The van der Waals surface area contributed by atoms with Gasteiger partial charge in [0.2, 0.25) is 6.23 Å². The Hall–Kier alpha value is -0.280. The van der Waals surface area contributed by atoms with Gasteiger partial charge >= 0.3 is 5.97 Å². The van der Waals surface area contributed by atoms with Crippen molar-refractivity contribution in [2.24, 2.45) is 0 Å². The first-order valence-corrected chi connectivity index (χ1v) is 12.1. The van der Waals surface area contributed by atoms with Crippen molar-refractivity contribution in [1.29, 1.82) is 0 Å². The number of carbonyl (C=O) groups excluding carboxylic acids is 1. The zero-order valence-electron chi connectivity index (χ0n) is 19.7.